The van der Waals surface area contributed by atoms with Gasteiger partial charge >= 0.3 is 0 Å². The monoisotopic (exact) mass is 294 g/mol. The van der Waals surface area contributed by atoms with Crippen molar-refractivity contribution in [3.63, 3.8) is 0 Å². The normalized spacial score (nSPS) is 13.8. The molecule has 0 aliphatic carbocycles. The van der Waals surface area contributed by atoms with Crippen LogP contribution in [-0.4, -0.2) is 54.9 Å². The molecule has 1 rings (SSSR count). The Hall–Kier alpha value is -1.56. The number of aliphatic imine (C=N–C) groups is 1. The lowest BCUT2D eigenvalue weighted by Gasteiger charge is -2.24. The molecule has 0 saturated heterocycles. The summed E-state index contributed by atoms with van der Waals surface area (Å²) < 4.78 is 1.83. The van der Waals surface area contributed by atoms with Crippen molar-refractivity contribution < 1.29 is 0 Å². The summed E-state index contributed by atoms with van der Waals surface area (Å²) in [6, 6.07) is 0.266. The van der Waals surface area contributed by atoms with Gasteiger partial charge in [-0.3, -0.25) is 9.67 Å². The molecule has 1 unspecified atom stereocenters. The Morgan fingerprint density at radius 2 is 2.10 bits per heavy atom. The first-order valence-corrected chi connectivity index (χ1v) is 7.53. The van der Waals surface area contributed by atoms with Crippen molar-refractivity contribution in [1.29, 1.82) is 0 Å². The van der Waals surface area contributed by atoms with Crippen LogP contribution in [-0.2, 0) is 7.05 Å². The van der Waals surface area contributed by atoms with Crippen molar-refractivity contribution in [1.82, 2.24) is 25.3 Å². The van der Waals surface area contributed by atoms with Crippen LogP contribution in [0.15, 0.2) is 17.4 Å². The van der Waals surface area contributed by atoms with Gasteiger partial charge in [-0.15, -0.1) is 0 Å². The topological polar surface area (TPSA) is 57.5 Å². The van der Waals surface area contributed by atoms with Gasteiger partial charge in [0.2, 0.25) is 0 Å². The van der Waals surface area contributed by atoms with E-state index in [4.69, 9.17) is 0 Å². The van der Waals surface area contributed by atoms with E-state index in [0.717, 1.165) is 25.5 Å². The number of hydrogen-bond donors (Lipinski definition) is 2. The summed E-state index contributed by atoms with van der Waals surface area (Å²) >= 11 is 0. The standard InChI is InChI=1S/C15H30N6/c1-12(2)7-8-17-15(16-3)18-10-14(20(4)5)13-9-19-21(6)11-13/h9,11-12,14H,7-8,10H2,1-6H3,(H2,16,17,18). The molecule has 0 bridgehead atoms. The fraction of sp³-hybridized carbons (Fsp3) is 0.733. The van der Waals surface area contributed by atoms with E-state index in [1.54, 1.807) is 7.05 Å². The van der Waals surface area contributed by atoms with Gasteiger partial charge in [-0.05, 0) is 26.4 Å². The zero-order valence-corrected chi connectivity index (χ0v) is 14.2. The van der Waals surface area contributed by atoms with Gasteiger partial charge in [0.05, 0.1) is 12.2 Å². The van der Waals surface area contributed by atoms with Crippen molar-refractivity contribution in [2.24, 2.45) is 18.0 Å². The Kier molecular flexibility index (Phi) is 7.22. The molecule has 1 aromatic rings. The van der Waals surface area contributed by atoms with Gasteiger partial charge in [-0.2, -0.15) is 5.10 Å². The second kappa shape index (κ2) is 8.67. The van der Waals surface area contributed by atoms with Crippen LogP contribution in [0.1, 0.15) is 31.9 Å². The van der Waals surface area contributed by atoms with Crippen LogP contribution in [0, 0.1) is 5.92 Å². The summed E-state index contributed by atoms with van der Waals surface area (Å²) in [6.07, 6.45) is 5.11. The molecule has 1 heterocycles. The number of likely N-dealkylation sites (N-methyl/N-ethyl adjacent to an activating group) is 1. The second-order valence-electron chi connectivity index (χ2n) is 5.99. The van der Waals surface area contributed by atoms with Crippen molar-refractivity contribution in [2.45, 2.75) is 26.3 Å². The summed E-state index contributed by atoms with van der Waals surface area (Å²) in [4.78, 5) is 6.46. The lowest BCUT2D eigenvalue weighted by molar-refractivity contribution is 0.298. The lowest BCUT2D eigenvalue weighted by Crippen LogP contribution is -2.42. The van der Waals surface area contributed by atoms with Crippen LogP contribution in [0.4, 0.5) is 0 Å². The maximum absolute atomic E-state index is 4.27. The fourth-order valence-corrected chi connectivity index (χ4v) is 2.10. The molecular formula is C15H30N6. The average molecular weight is 294 g/mol. The van der Waals surface area contributed by atoms with Crippen LogP contribution in [0.3, 0.4) is 0 Å². The molecule has 120 valence electrons. The third-order valence-electron chi connectivity index (χ3n) is 3.43. The van der Waals surface area contributed by atoms with E-state index in [9.17, 15) is 0 Å². The number of nitrogens with zero attached hydrogens (tertiary/aromatic N) is 4. The minimum absolute atomic E-state index is 0.266. The summed E-state index contributed by atoms with van der Waals surface area (Å²) in [5, 5.41) is 11.0. The van der Waals surface area contributed by atoms with Gasteiger partial charge < -0.3 is 15.5 Å². The number of nitrogens with one attached hydrogen (secondary N) is 2. The highest BCUT2D eigenvalue weighted by Crippen LogP contribution is 2.15. The maximum atomic E-state index is 4.27. The number of guanidine groups is 1. The fourth-order valence-electron chi connectivity index (χ4n) is 2.10. The first-order valence-electron chi connectivity index (χ1n) is 7.53. The number of hydrogen-bond acceptors (Lipinski definition) is 3. The smallest absolute Gasteiger partial charge is 0.191 e. The van der Waals surface area contributed by atoms with Crippen LogP contribution >= 0.6 is 0 Å². The first-order chi connectivity index (χ1) is 9.93. The second-order valence-corrected chi connectivity index (χ2v) is 5.99. The predicted molar refractivity (Wildman–Crippen MR) is 88.5 cm³/mol. The average Bonchev–Trinajstić information content (AvgIpc) is 2.82. The largest absolute Gasteiger partial charge is 0.356 e. The van der Waals surface area contributed by atoms with E-state index in [0.29, 0.717) is 5.92 Å². The molecule has 0 radical (unpaired) electrons. The zero-order chi connectivity index (χ0) is 15.8. The van der Waals surface area contributed by atoms with E-state index in [1.165, 1.54) is 5.56 Å². The Morgan fingerprint density at radius 3 is 2.57 bits per heavy atom. The molecule has 0 saturated carbocycles. The lowest BCUT2D eigenvalue weighted by atomic mass is 10.1. The van der Waals surface area contributed by atoms with Gasteiger partial charge in [-0.25, -0.2) is 0 Å². The summed E-state index contributed by atoms with van der Waals surface area (Å²) in [5.41, 5.74) is 1.20. The van der Waals surface area contributed by atoms with Crippen LogP contribution in [0.25, 0.3) is 0 Å². The van der Waals surface area contributed by atoms with E-state index < -0.39 is 0 Å². The number of rotatable bonds is 7. The third kappa shape index (κ3) is 6.16. The van der Waals surface area contributed by atoms with Gasteiger partial charge in [-0.1, -0.05) is 13.8 Å². The van der Waals surface area contributed by atoms with Gasteiger partial charge in [0.25, 0.3) is 0 Å². The van der Waals surface area contributed by atoms with Gasteiger partial charge in [0.1, 0.15) is 0 Å². The highest BCUT2D eigenvalue weighted by atomic mass is 15.3. The Balaban J connectivity index is 2.52. The molecule has 0 spiro atoms. The Morgan fingerprint density at radius 1 is 1.38 bits per heavy atom. The van der Waals surface area contributed by atoms with Crippen molar-refractivity contribution in [2.75, 3.05) is 34.2 Å². The van der Waals surface area contributed by atoms with Crippen molar-refractivity contribution in [3.05, 3.63) is 18.0 Å². The molecule has 0 aliphatic rings. The van der Waals surface area contributed by atoms with E-state index >= 15 is 0 Å². The van der Waals surface area contributed by atoms with E-state index in [1.807, 2.05) is 17.9 Å². The SMILES string of the molecule is CN=C(NCCC(C)C)NCC(c1cnn(C)c1)N(C)C. The summed E-state index contributed by atoms with van der Waals surface area (Å²) in [7, 11) is 7.90. The van der Waals surface area contributed by atoms with Gasteiger partial charge in [0, 0.05) is 38.9 Å². The molecule has 2 N–H and O–H groups in total. The zero-order valence-electron chi connectivity index (χ0n) is 14.2. The van der Waals surface area contributed by atoms with E-state index in [-0.39, 0.29) is 6.04 Å². The highest BCUT2D eigenvalue weighted by molar-refractivity contribution is 5.79. The highest BCUT2D eigenvalue weighted by Gasteiger charge is 2.16. The molecule has 0 aliphatic heterocycles. The molecule has 1 atom stereocenters. The quantitative estimate of drug-likeness (QED) is 0.587. The molecule has 0 amide bonds. The molecule has 21 heavy (non-hydrogen) atoms. The summed E-state index contributed by atoms with van der Waals surface area (Å²) in [6.45, 7) is 6.18. The molecule has 6 nitrogen and oxygen atoms in total. The maximum Gasteiger partial charge on any atom is 0.191 e. The van der Waals surface area contributed by atoms with Crippen molar-refractivity contribution in [3.8, 4) is 0 Å². The van der Waals surface area contributed by atoms with Gasteiger partial charge in [0.15, 0.2) is 5.96 Å². The number of aryl methyl sites for hydroxylation is 1. The first kappa shape index (κ1) is 17.5. The van der Waals surface area contributed by atoms with E-state index in [2.05, 4.69) is 59.8 Å². The summed E-state index contributed by atoms with van der Waals surface area (Å²) in [5.74, 6) is 1.55. The molecule has 0 aromatic carbocycles. The number of aromatic nitrogens is 2. The minimum Gasteiger partial charge on any atom is -0.356 e. The minimum atomic E-state index is 0.266. The predicted octanol–water partition coefficient (Wildman–Crippen LogP) is 1.23. The van der Waals surface area contributed by atoms with Crippen LogP contribution in [0.2, 0.25) is 0 Å². The van der Waals surface area contributed by atoms with Crippen molar-refractivity contribution >= 4 is 5.96 Å². The van der Waals surface area contributed by atoms with Crippen LogP contribution in [0.5, 0.6) is 0 Å². The molecular weight excluding hydrogens is 264 g/mol. The Bertz CT molecular complexity index is 435. The Labute approximate surface area is 128 Å². The van der Waals surface area contributed by atoms with Crippen LogP contribution < -0.4 is 10.6 Å². The molecule has 1 aromatic heterocycles. The third-order valence-corrected chi connectivity index (χ3v) is 3.43. The molecule has 0 fully saturated rings. The molecule has 6 heteroatoms.